The maximum absolute atomic E-state index is 12.1. The lowest BCUT2D eigenvalue weighted by Crippen LogP contribution is -2.27. The molecule has 0 atom stereocenters. The van der Waals surface area contributed by atoms with Gasteiger partial charge in [-0.2, -0.15) is 13.0 Å². The van der Waals surface area contributed by atoms with E-state index in [1.165, 1.54) is 6.07 Å². The lowest BCUT2D eigenvalue weighted by atomic mass is 9.81. The van der Waals surface area contributed by atoms with Crippen LogP contribution in [0.25, 0.3) is 5.57 Å². The third-order valence-corrected chi connectivity index (χ3v) is 11.3. The molecule has 2 aliphatic heterocycles. The number of anilines is 1. The van der Waals surface area contributed by atoms with Crippen LogP contribution in [-0.2, 0) is 30.3 Å². The minimum absolute atomic E-state index is 0.112. The summed E-state index contributed by atoms with van der Waals surface area (Å²) in [6.07, 6.45) is 11.8. The Morgan fingerprint density at radius 2 is 1.75 bits per heavy atom. The van der Waals surface area contributed by atoms with Gasteiger partial charge in [-0.3, -0.25) is 4.55 Å². The maximum atomic E-state index is 12.1. The zero-order valence-electron chi connectivity index (χ0n) is 30.5. The maximum Gasteiger partial charge on any atom is 0.294 e. The van der Waals surface area contributed by atoms with Crippen molar-refractivity contribution < 1.29 is 36.9 Å². The van der Waals surface area contributed by atoms with Crippen LogP contribution < -0.4 is 9.64 Å². The van der Waals surface area contributed by atoms with Crippen LogP contribution in [0.5, 0.6) is 5.75 Å². The van der Waals surface area contributed by atoms with Gasteiger partial charge in [0.1, 0.15) is 12.3 Å². The third-order valence-electron chi connectivity index (χ3n) is 9.84. The van der Waals surface area contributed by atoms with Crippen molar-refractivity contribution in [3.8, 4) is 5.75 Å². The van der Waals surface area contributed by atoms with Gasteiger partial charge in [0.15, 0.2) is 5.71 Å². The second-order valence-electron chi connectivity index (χ2n) is 13.8. The smallest absolute Gasteiger partial charge is 0.294 e. The molecule has 272 valence electrons. The Bertz CT molecular complexity index is 1990. The summed E-state index contributed by atoms with van der Waals surface area (Å²) in [6.45, 7) is 17.0. The lowest BCUT2D eigenvalue weighted by Gasteiger charge is -2.26. The average molecular weight is 734 g/mol. The van der Waals surface area contributed by atoms with Gasteiger partial charge in [0, 0.05) is 45.9 Å². The summed E-state index contributed by atoms with van der Waals surface area (Å²) >= 11 is 0.948. The normalized spacial score (nSPS) is 17.5. The quantitative estimate of drug-likeness (QED) is 0.0300. The molecule has 0 aromatic heterocycles. The highest BCUT2D eigenvalue weighted by molar-refractivity contribution is 7.94. The van der Waals surface area contributed by atoms with Crippen LogP contribution in [-0.4, -0.2) is 48.2 Å². The van der Waals surface area contributed by atoms with Gasteiger partial charge < -0.3 is 9.64 Å². The van der Waals surface area contributed by atoms with E-state index in [4.69, 9.17) is 14.3 Å². The number of allylic oxidation sites excluding steroid dienone is 6. The Morgan fingerprint density at radius 1 is 0.961 bits per heavy atom. The predicted molar refractivity (Wildman–Crippen MR) is 205 cm³/mol. The first-order valence-electron chi connectivity index (χ1n) is 17.4. The Hall–Kier alpha value is -3.71. The van der Waals surface area contributed by atoms with Crippen molar-refractivity contribution in [1.82, 2.24) is 0 Å². The molecule has 2 N–H and O–H groups in total. The van der Waals surface area contributed by atoms with Crippen molar-refractivity contribution in [2.45, 2.75) is 88.3 Å². The second-order valence-corrected chi connectivity index (χ2v) is 16.0. The van der Waals surface area contributed by atoms with Crippen molar-refractivity contribution in [1.29, 1.82) is 0 Å². The standard InChI is InChI=1S/C40H48N2O7S2/c1-8-11-12-24-47-30-15-13-14-29(25-30)28(16-22-37-39(4,5)33-26-31(50-49-48-43)18-20-35(33)41(37)9-2)17-23-38-40(6,7)34-27-32(51(44,45)46)19-21-36(34)42(38)10-3/h13-23,25-27H,8-12,24H2,1-7H3,(H-,43,44,45,46)/p+1. The molecule has 51 heavy (non-hydrogen) atoms. The number of nitrogens with zero attached hydrogens (tertiary/aromatic N) is 2. The van der Waals surface area contributed by atoms with E-state index in [1.807, 2.05) is 18.2 Å². The zero-order chi connectivity index (χ0) is 37.0. The van der Waals surface area contributed by atoms with Gasteiger partial charge in [-0.25, -0.2) is 5.26 Å². The lowest BCUT2D eigenvalue weighted by molar-refractivity contribution is -0.433. The van der Waals surface area contributed by atoms with Crippen LogP contribution in [0.15, 0.2) is 100 Å². The molecule has 0 saturated heterocycles. The van der Waals surface area contributed by atoms with E-state index in [9.17, 15) is 13.0 Å². The van der Waals surface area contributed by atoms with Gasteiger partial charge in [0.05, 0.1) is 29.0 Å². The molecule has 0 saturated carbocycles. The van der Waals surface area contributed by atoms with E-state index in [0.717, 1.165) is 93.5 Å². The fourth-order valence-corrected chi connectivity index (χ4v) is 8.06. The van der Waals surface area contributed by atoms with Gasteiger partial charge in [-0.15, -0.1) is 4.33 Å². The molecule has 2 aliphatic rings. The highest BCUT2D eigenvalue weighted by atomic mass is 32.2. The SMILES string of the molecule is CCCCCOc1cccc(C(C=CC2=[N+](CC)c3ccc(SOOO)cc3C2(C)C)=CC=C2N(CC)c3ccc(S(=O)(=O)O)cc3C2(C)C)c1. The van der Waals surface area contributed by atoms with Crippen LogP contribution in [0.1, 0.15) is 84.4 Å². The van der Waals surface area contributed by atoms with Gasteiger partial charge in [0.2, 0.25) is 5.69 Å². The topological polar surface area (TPSA) is 109 Å². The summed E-state index contributed by atoms with van der Waals surface area (Å²) < 4.78 is 47.1. The van der Waals surface area contributed by atoms with Crippen molar-refractivity contribution in [3.05, 3.63) is 107 Å². The Balaban J connectivity index is 1.60. The molecule has 11 heteroatoms. The van der Waals surface area contributed by atoms with E-state index >= 15 is 0 Å². The van der Waals surface area contributed by atoms with E-state index in [-0.39, 0.29) is 10.3 Å². The first kappa shape index (κ1) is 38.5. The summed E-state index contributed by atoms with van der Waals surface area (Å²) in [4.78, 5) is 2.89. The monoisotopic (exact) mass is 733 g/mol. The van der Waals surface area contributed by atoms with E-state index in [0.29, 0.717) is 13.2 Å². The van der Waals surface area contributed by atoms with Gasteiger partial charge in [-0.05, 0) is 105 Å². The zero-order valence-corrected chi connectivity index (χ0v) is 32.1. The first-order chi connectivity index (χ1) is 24.3. The third kappa shape index (κ3) is 8.04. The van der Waals surface area contributed by atoms with E-state index in [2.05, 4.69) is 112 Å². The number of ether oxygens (including phenoxy) is 1. The van der Waals surface area contributed by atoms with Crippen molar-refractivity contribution in [3.63, 3.8) is 0 Å². The summed E-state index contributed by atoms with van der Waals surface area (Å²) in [7, 11) is -4.35. The van der Waals surface area contributed by atoms with Crippen LogP contribution in [0, 0.1) is 0 Å². The number of likely N-dealkylation sites (N-methyl/N-ethyl adjacent to an activating group) is 1. The fraction of sp³-hybridized carbons (Fsp3) is 0.375. The molecule has 0 bridgehead atoms. The highest BCUT2D eigenvalue weighted by Crippen LogP contribution is 2.48. The molecule has 0 amide bonds. The van der Waals surface area contributed by atoms with Gasteiger partial charge in [0.25, 0.3) is 10.1 Å². The Kier molecular flexibility index (Phi) is 12.0. The Labute approximate surface area is 306 Å². The summed E-state index contributed by atoms with van der Waals surface area (Å²) in [5, 5.41) is 12.5. The molecular weight excluding hydrogens is 685 g/mol. The number of unbranched alkanes of at least 4 members (excludes halogenated alkanes) is 2. The number of benzene rings is 3. The molecule has 2 heterocycles. The number of rotatable bonds is 15. The van der Waals surface area contributed by atoms with Crippen LogP contribution in [0.4, 0.5) is 11.4 Å². The van der Waals surface area contributed by atoms with Gasteiger partial charge >= 0.3 is 0 Å². The minimum Gasteiger partial charge on any atom is -0.494 e. The molecule has 0 radical (unpaired) electrons. The molecule has 3 aromatic rings. The summed E-state index contributed by atoms with van der Waals surface area (Å²) in [6, 6.07) is 19.1. The van der Waals surface area contributed by atoms with E-state index < -0.39 is 15.5 Å². The summed E-state index contributed by atoms with van der Waals surface area (Å²) in [5.41, 5.74) is 7.25. The molecule has 0 unspecified atom stereocenters. The predicted octanol–water partition coefficient (Wildman–Crippen LogP) is 9.67. The van der Waals surface area contributed by atoms with E-state index in [1.54, 1.807) is 12.1 Å². The molecule has 0 fully saturated rings. The largest absolute Gasteiger partial charge is 0.494 e. The molecule has 3 aromatic carbocycles. The molecule has 5 rings (SSSR count). The van der Waals surface area contributed by atoms with Crippen LogP contribution in [0.3, 0.4) is 0 Å². The highest BCUT2D eigenvalue weighted by Gasteiger charge is 2.44. The first-order valence-corrected chi connectivity index (χ1v) is 19.6. The number of hydrogen-bond acceptors (Lipinski definition) is 8. The Morgan fingerprint density at radius 3 is 2.43 bits per heavy atom. The van der Waals surface area contributed by atoms with Crippen molar-refractivity contribution in [2.75, 3.05) is 24.6 Å². The minimum atomic E-state index is -4.35. The molecular formula is C40H49N2O7S2+. The van der Waals surface area contributed by atoms with Crippen LogP contribution >= 0.6 is 12.0 Å². The molecule has 9 nitrogen and oxygen atoms in total. The number of fused-ring (bicyclic) bond motifs is 2. The van der Waals surface area contributed by atoms with Gasteiger partial charge in [-0.1, -0.05) is 56.9 Å². The molecule has 0 aliphatic carbocycles. The number of hydrogen-bond donors (Lipinski definition) is 2. The summed E-state index contributed by atoms with van der Waals surface area (Å²) in [5.74, 6) is 0.813. The fourth-order valence-electron chi connectivity index (χ4n) is 7.15. The molecule has 0 spiro atoms. The van der Waals surface area contributed by atoms with Crippen molar-refractivity contribution >= 4 is 44.8 Å². The average Bonchev–Trinajstić information content (AvgIpc) is 3.46. The van der Waals surface area contributed by atoms with Crippen molar-refractivity contribution in [2.24, 2.45) is 0 Å². The van der Waals surface area contributed by atoms with Crippen LogP contribution in [0.2, 0.25) is 0 Å². The second kappa shape index (κ2) is 15.9.